The van der Waals surface area contributed by atoms with Gasteiger partial charge in [-0.3, -0.25) is 5.32 Å². The zero-order chi connectivity index (χ0) is 21.9. The van der Waals surface area contributed by atoms with Crippen LogP contribution in [0.5, 0.6) is 5.75 Å². The number of carbonyl (C=O) groups is 1. The van der Waals surface area contributed by atoms with Crippen LogP contribution < -0.4 is 15.4 Å². The maximum Gasteiger partial charge on any atom is 0.325 e. The average Bonchev–Trinajstić information content (AvgIpc) is 3.32. The van der Waals surface area contributed by atoms with Crippen LogP contribution in [0.3, 0.4) is 0 Å². The molecule has 2 heterocycles. The van der Waals surface area contributed by atoms with Gasteiger partial charge in [-0.15, -0.1) is 0 Å². The molecule has 7 nitrogen and oxygen atoms in total. The smallest absolute Gasteiger partial charge is 0.325 e. The molecule has 0 saturated carbocycles. The summed E-state index contributed by atoms with van der Waals surface area (Å²) >= 11 is 13.6. The monoisotopic (exact) mass is 468 g/mol. The first-order chi connectivity index (χ1) is 14.2. The molecule has 0 spiro atoms. The van der Waals surface area contributed by atoms with Crippen molar-refractivity contribution in [3.05, 3.63) is 39.3 Å². The topological polar surface area (TPSA) is 84.8 Å². The van der Waals surface area contributed by atoms with Gasteiger partial charge in [-0.1, -0.05) is 55.3 Å². The van der Waals surface area contributed by atoms with Crippen LogP contribution in [0.1, 0.15) is 25.6 Å². The quantitative estimate of drug-likeness (QED) is 0.566. The van der Waals surface area contributed by atoms with Crippen LogP contribution in [-0.4, -0.2) is 36.7 Å². The molecule has 1 aliphatic heterocycles. The summed E-state index contributed by atoms with van der Waals surface area (Å²) in [6.07, 6.45) is 5.37. The minimum atomic E-state index is -0.509. The van der Waals surface area contributed by atoms with E-state index in [1.54, 1.807) is 24.4 Å². The van der Waals surface area contributed by atoms with Crippen LogP contribution in [-0.2, 0) is 4.74 Å². The summed E-state index contributed by atoms with van der Waals surface area (Å²) in [6.45, 7) is 7.02. The van der Waals surface area contributed by atoms with Gasteiger partial charge >= 0.3 is 6.03 Å². The van der Waals surface area contributed by atoms with Gasteiger partial charge in [0.05, 0.1) is 29.4 Å². The SMILES string of the molecule is COc1cc(Cl)c(NC(=O)Nc2ncc(/C=C/C3=NCC(C(C)(C)C)O3)s2)c(Cl)c1. The molecule has 1 aliphatic rings. The van der Waals surface area contributed by atoms with E-state index >= 15 is 0 Å². The number of halogens is 2. The number of rotatable bonds is 5. The minimum absolute atomic E-state index is 0.0315. The van der Waals surface area contributed by atoms with E-state index in [4.69, 9.17) is 32.7 Å². The van der Waals surface area contributed by atoms with Crippen LogP contribution in [0.4, 0.5) is 15.6 Å². The van der Waals surface area contributed by atoms with Gasteiger partial charge in [-0.2, -0.15) is 0 Å². The first kappa shape index (κ1) is 22.4. The summed E-state index contributed by atoms with van der Waals surface area (Å²) < 4.78 is 10.9. The van der Waals surface area contributed by atoms with Crippen LogP contribution in [0, 0.1) is 5.41 Å². The lowest BCUT2D eigenvalue weighted by atomic mass is 9.89. The number of carbonyl (C=O) groups excluding carboxylic acids is 1. The molecule has 0 radical (unpaired) electrons. The molecule has 0 bridgehead atoms. The van der Waals surface area contributed by atoms with Crippen molar-refractivity contribution in [3.63, 3.8) is 0 Å². The van der Waals surface area contributed by atoms with Crippen LogP contribution in [0.15, 0.2) is 29.4 Å². The number of nitrogens with one attached hydrogen (secondary N) is 2. The Kier molecular flexibility index (Phi) is 6.90. The van der Waals surface area contributed by atoms with Crippen LogP contribution >= 0.6 is 34.5 Å². The summed E-state index contributed by atoms with van der Waals surface area (Å²) in [4.78, 5) is 21.7. The fraction of sp³-hybridized carbons (Fsp3) is 0.350. The second kappa shape index (κ2) is 9.24. The van der Waals surface area contributed by atoms with Gasteiger partial charge in [-0.05, 0) is 6.08 Å². The zero-order valence-electron chi connectivity index (χ0n) is 17.0. The molecule has 2 N–H and O–H groups in total. The molecule has 1 aromatic heterocycles. The number of aromatic nitrogens is 1. The largest absolute Gasteiger partial charge is 0.497 e. The Morgan fingerprint density at radius 3 is 2.57 bits per heavy atom. The molecule has 10 heteroatoms. The number of nitrogens with zero attached hydrogens (tertiary/aromatic N) is 2. The summed E-state index contributed by atoms with van der Waals surface area (Å²) in [7, 11) is 1.50. The second-order valence-electron chi connectivity index (χ2n) is 7.60. The van der Waals surface area contributed by atoms with E-state index in [9.17, 15) is 4.79 Å². The zero-order valence-corrected chi connectivity index (χ0v) is 19.3. The van der Waals surface area contributed by atoms with Gasteiger partial charge in [0.1, 0.15) is 11.9 Å². The maximum absolute atomic E-state index is 12.3. The van der Waals surface area contributed by atoms with E-state index in [1.807, 2.05) is 6.08 Å². The molecule has 2 amide bonds. The molecular weight excluding hydrogens is 447 g/mol. The van der Waals surface area contributed by atoms with Gasteiger partial charge in [0, 0.05) is 34.7 Å². The van der Waals surface area contributed by atoms with Gasteiger partial charge in [0.2, 0.25) is 5.90 Å². The third-order valence-electron chi connectivity index (χ3n) is 4.27. The Labute approximate surface area is 189 Å². The third-order valence-corrected chi connectivity index (χ3v) is 5.74. The van der Waals surface area contributed by atoms with Gasteiger partial charge in [0.15, 0.2) is 5.13 Å². The minimum Gasteiger partial charge on any atom is -0.497 e. The Balaban J connectivity index is 1.58. The predicted octanol–water partition coefficient (Wildman–Crippen LogP) is 5.96. The fourth-order valence-electron chi connectivity index (χ4n) is 2.54. The molecule has 2 aromatic rings. The highest BCUT2D eigenvalue weighted by Crippen LogP contribution is 2.35. The lowest BCUT2D eigenvalue weighted by Crippen LogP contribution is -2.29. The molecule has 0 fully saturated rings. The average molecular weight is 469 g/mol. The second-order valence-corrected chi connectivity index (χ2v) is 9.47. The molecule has 30 heavy (non-hydrogen) atoms. The summed E-state index contributed by atoms with van der Waals surface area (Å²) in [6, 6.07) is 2.62. The lowest BCUT2D eigenvalue weighted by molar-refractivity contribution is 0.104. The number of hydrogen-bond acceptors (Lipinski definition) is 6. The summed E-state index contributed by atoms with van der Waals surface area (Å²) in [5, 5.41) is 6.24. The number of benzene rings is 1. The number of aliphatic imine (C=N–C) groups is 1. The van der Waals surface area contributed by atoms with Crippen molar-refractivity contribution in [2.75, 3.05) is 24.3 Å². The van der Waals surface area contributed by atoms with Gasteiger partial charge in [-0.25, -0.2) is 14.8 Å². The van der Waals surface area contributed by atoms with Crippen LogP contribution in [0.2, 0.25) is 10.0 Å². The highest BCUT2D eigenvalue weighted by atomic mass is 35.5. The van der Waals surface area contributed by atoms with Crippen molar-refractivity contribution in [1.82, 2.24) is 4.98 Å². The maximum atomic E-state index is 12.3. The van der Waals surface area contributed by atoms with E-state index in [-0.39, 0.29) is 27.3 Å². The van der Waals surface area contributed by atoms with E-state index in [0.29, 0.717) is 23.3 Å². The van der Waals surface area contributed by atoms with E-state index in [2.05, 4.69) is 41.4 Å². The lowest BCUT2D eigenvalue weighted by Gasteiger charge is -2.25. The predicted molar refractivity (Wildman–Crippen MR) is 123 cm³/mol. The molecule has 3 rings (SSSR count). The molecule has 1 aromatic carbocycles. The molecule has 0 saturated heterocycles. The van der Waals surface area contributed by atoms with Crippen molar-refractivity contribution in [2.24, 2.45) is 10.4 Å². The first-order valence-corrected chi connectivity index (χ1v) is 10.7. The standard InChI is InChI=1S/C20H22Cl2N4O3S/c1-20(2,3)15-10-23-16(29-15)6-5-12-9-24-19(30-12)26-18(27)25-17-13(21)7-11(28-4)8-14(17)22/h5-9,15H,10H2,1-4H3,(H2,24,25,26,27)/b6-5+. The van der Waals surface area contributed by atoms with Crippen LogP contribution in [0.25, 0.3) is 6.08 Å². The molecule has 1 atom stereocenters. The van der Waals surface area contributed by atoms with Crippen molar-refractivity contribution < 1.29 is 14.3 Å². The molecule has 0 aliphatic carbocycles. The van der Waals surface area contributed by atoms with Gasteiger partial charge in [0.25, 0.3) is 0 Å². The number of anilines is 2. The Hall–Kier alpha value is -2.29. The number of amides is 2. The Bertz CT molecular complexity index is 975. The van der Waals surface area contributed by atoms with Crippen molar-refractivity contribution in [1.29, 1.82) is 0 Å². The third kappa shape index (κ3) is 5.65. The summed E-state index contributed by atoms with van der Waals surface area (Å²) in [5.74, 6) is 1.09. The Morgan fingerprint density at radius 1 is 1.27 bits per heavy atom. The van der Waals surface area contributed by atoms with Crippen molar-refractivity contribution in [2.45, 2.75) is 26.9 Å². The highest BCUT2D eigenvalue weighted by molar-refractivity contribution is 7.16. The number of thiazole rings is 1. The fourth-order valence-corrected chi connectivity index (χ4v) is 3.82. The number of ether oxygens (including phenoxy) is 2. The number of urea groups is 1. The Morgan fingerprint density at radius 2 is 1.97 bits per heavy atom. The van der Waals surface area contributed by atoms with E-state index in [1.165, 1.54) is 18.4 Å². The van der Waals surface area contributed by atoms with Crippen molar-refractivity contribution in [3.8, 4) is 5.75 Å². The summed E-state index contributed by atoms with van der Waals surface area (Å²) in [5.41, 5.74) is 0.321. The number of methoxy groups -OCH3 is 1. The molecule has 160 valence electrons. The van der Waals surface area contributed by atoms with Crippen molar-refractivity contribution >= 4 is 63.4 Å². The number of hydrogen-bond donors (Lipinski definition) is 2. The molecular formula is C20H22Cl2N4O3S. The normalized spacial score (nSPS) is 16.3. The van der Waals surface area contributed by atoms with E-state index in [0.717, 1.165) is 4.88 Å². The van der Waals surface area contributed by atoms with E-state index < -0.39 is 6.03 Å². The molecule has 1 unspecified atom stereocenters. The van der Waals surface area contributed by atoms with Gasteiger partial charge < -0.3 is 14.8 Å². The highest BCUT2D eigenvalue weighted by Gasteiger charge is 2.30. The first-order valence-electron chi connectivity index (χ1n) is 9.12.